The third-order valence-electron chi connectivity index (χ3n) is 5.06. The number of amides is 1. The Hall–Kier alpha value is -2.90. The van der Waals surface area contributed by atoms with E-state index in [0.29, 0.717) is 18.8 Å². The Morgan fingerprint density at radius 2 is 1.63 bits per heavy atom. The predicted molar refractivity (Wildman–Crippen MR) is 122 cm³/mol. The average Bonchev–Trinajstić information content (AvgIpc) is 2.74. The van der Waals surface area contributed by atoms with Crippen LogP contribution in [0.25, 0.3) is 10.8 Å². The lowest BCUT2D eigenvalue weighted by molar-refractivity contribution is -0.114. The average molecular weight is 426 g/mol. The molecule has 6 nitrogen and oxygen atoms in total. The summed E-state index contributed by atoms with van der Waals surface area (Å²) < 4.78 is 27.0. The molecule has 0 aliphatic carbocycles. The number of hydrogen-bond donors (Lipinski definition) is 2. The van der Waals surface area contributed by atoms with E-state index in [9.17, 15) is 13.2 Å². The highest BCUT2D eigenvalue weighted by Crippen LogP contribution is 2.24. The van der Waals surface area contributed by atoms with Crippen LogP contribution in [0.1, 0.15) is 19.4 Å². The molecule has 2 N–H and O–H groups in total. The van der Waals surface area contributed by atoms with Crippen LogP contribution in [0.5, 0.6) is 0 Å². The van der Waals surface area contributed by atoms with Crippen LogP contribution >= 0.6 is 0 Å². The van der Waals surface area contributed by atoms with Gasteiger partial charge in [0.05, 0.1) is 11.4 Å². The predicted octanol–water partition coefficient (Wildman–Crippen LogP) is 4.23. The SMILES string of the molecule is CCN(CC)S(=O)(=O)c1ccc(C)c(NCC(=O)Nc2cccc3ccccc23)c1. The standard InChI is InChI=1S/C23H27N3O3S/c1-4-26(5-2)30(28,29)19-14-13-17(3)22(15-19)24-16-23(27)25-21-12-8-10-18-9-6-7-11-20(18)21/h6-15,24H,4-5,16H2,1-3H3,(H,25,27). The normalized spacial score (nSPS) is 11.6. The van der Waals surface area contributed by atoms with Crippen molar-refractivity contribution >= 4 is 38.1 Å². The van der Waals surface area contributed by atoms with Crippen molar-refractivity contribution in [1.82, 2.24) is 4.31 Å². The summed E-state index contributed by atoms with van der Waals surface area (Å²) in [7, 11) is -3.56. The van der Waals surface area contributed by atoms with E-state index in [0.717, 1.165) is 22.0 Å². The van der Waals surface area contributed by atoms with Crippen LogP contribution in [0.3, 0.4) is 0 Å². The molecule has 1 amide bonds. The highest BCUT2D eigenvalue weighted by atomic mass is 32.2. The molecule has 158 valence electrons. The third-order valence-corrected chi connectivity index (χ3v) is 7.10. The second-order valence-electron chi connectivity index (χ2n) is 6.99. The quantitative estimate of drug-likeness (QED) is 0.566. The van der Waals surface area contributed by atoms with Crippen molar-refractivity contribution in [3.63, 3.8) is 0 Å². The first-order chi connectivity index (χ1) is 14.4. The molecule has 3 aromatic carbocycles. The number of fused-ring (bicyclic) bond motifs is 1. The second kappa shape index (κ2) is 9.28. The van der Waals surface area contributed by atoms with Gasteiger partial charge in [-0.15, -0.1) is 0 Å². The fraction of sp³-hybridized carbons (Fsp3) is 0.261. The highest BCUT2D eigenvalue weighted by Gasteiger charge is 2.22. The molecule has 0 aliphatic heterocycles. The highest BCUT2D eigenvalue weighted by molar-refractivity contribution is 7.89. The number of rotatable bonds is 8. The molecule has 0 bridgehead atoms. The summed E-state index contributed by atoms with van der Waals surface area (Å²) in [6.45, 7) is 6.33. The Morgan fingerprint density at radius 3 is 2.37 bits per heavy atom. The van der Waals surface area contributed by atoms with E-state index >= 15 is 0 Å². The molecule has 7 heteroatoms. The Bertz CT molecular complexity index is 1150. The minimum absolute atomic E-state index is 0.0266. The van der Waals surface area contributed by atoms with Crippen LogP contribution < -0.4 is 10.6 Å². The summed E-state index contributed by atoms with van der Waals surface area (Å²) in [5, 5.41) is 8.02. The summed E-state index contributed by atoms with van der Waals surface area (Å²) >= 11 is 0. The largest absolute Gasteiger partial charge is 0.376 e. The number of carbonyl (C=O) groups excluding carboxylic acids is 1. The maximum atomic E-state index is 12.8. The van der Waals surface area contributed by atoms with Gasteiger partial charge in [0.15, 0.2) is 0 Å². The van der Waals surface area contributed by atoms with Crippen LogP contribution in [-0.2, 0) is 14.8 Å². The Morgan fingerprint density at radius 1 is 0.933 bits per heavy atom. The van der Waals surface area contributed by atoms with Crippen molar-refractivity contribution < 1.29 is 13.2 Å². The third kappa shape index (κ3) is 4.63. The van der Waals surface area contributed by atoms with Gasteiger partial charge in [-0.1, -0.05) is 56.3 Å². The van der Waals surface area contributed by atoms with Gasteiger partial charge in [0.1, 0.15) is 0 Å². The molecule has 0 aliphatic rings. The minimum Gasteiger partial charge on any atom is -0.376 e. The smallest absolute Gasteiger partial charge is 0.243 e. The fourth-order valence-electron chi connectivity index (χ4n) is 3.37. The lowest BCUT2D eigenvalue weighted by atomic mass is 10.1. The van der Waals surface area contributed by atoms with Crippen molar-refractivity contribution in [2.24, 2.45) is 0 Å². The van der Waals surface area contributed by atoms with Gasteiger partial charge >= 0.3 is 0 Å². The topological polar surface area (TPSA) is 78.5 Å². The zero-order chi connectivity index (χ0) is 21.7. The van der Waals surface area contributed by atoms with E-state index in [1.165, 1.54) is 4.31 Å². The van der Waals surface area contributed by atoms with Crippen LogP contribution in [0, 0.1) is 6.92 Å². The number of aryl methyl sites for hydroxylation is 1. The van der Waals surface area contributed by atoms with Crippen LogP contribution in [0.2, 0.25) is 0 Å². The Kier molecular flexibility index (Phi) is 6.74. The summed E-state index contributed by atoms with van der Waals surface area (Å²) in [6, 6.07) is 18.5. The molecular formula is C23H27N3O3S. The van der Waals surface area contributed by atoms with Gasteiger partial charge in [-0.2, -0.15) is 4.31 Å². The van der Waals surface area contributed by atoms with E-state index in [2.05, 4.69) is 10.6 Å². The molecule has 0 radical (unpaired) electrons. The van der Waals surface area contributed by atoms with Crippen molar-refractivity contribution in [3.05, 3.63) is 66.2 Å². The van der Waals surface area contributed by atoms with Crippen molar-refractivity contribution in [1.29, 1.82) is 0 Å². The zero-order valence-corrected chi connectivity index (χ0v) is 18.3. The minimum atomic E-state index is -3.56. The maximum Gasteiger partial charge on any atom is 0.243 e. The fourth-order valence-corrected chi connectivity index (χ4v) is 4.85. The molecule has 0 atom stereocenters. The molecule has 0 spiro atoms. The Balaban J connectivity index is 1.74. The van der Waals surface area contributed by atoms with Crippen molar-refractivity contribution in [3.8, 4) is 0 Å². The van der Waals surface area contributed by atoms with Gasteiger partial charge in [-0.25, -0.2) is 8.42 Å². The van der Waals surface area contributed by atoms with Gasteiger partial charge in [-0.05, 0) is 36.1 Å². The summed E-state index contributed by atoms with van der Waals surface area (Å²) in [4.78, 5) is 12.7. The number of nitrogens with one attached hydrogen (secondary N) is 2. The molecule has 0 aromatic heterocycles. The first-order valence-corrected chi connectivity index (χ1v) is 11.4. The van der Waals surface area contributed by atoms with Gasteiger partial charge in [0.2, 0.25) is 15.9 Å². The number of benzene rings is 3. The molecule has 3 aromatic rings. The molecule has 3 rings (SSSR count). The van der Waals surface area contributed by atoms with Crippen LogP contribution in [-0.4, -0.2) is 38.3 Å². The number of hydrogen-bond acceptors (Lipinski definition) is 4. The lowest BCUT2D eigenvalue weighted by Crippen LogP contribution is -2.30. The van der Waals surface area contributed by atoms with Crippen LogP contribution in [0.4, 0.5) is 11.4 Å². The van der Waals surface area contributed by atoms with E-state index < -0.39 is 10.0 Å². The number of anilines is 2. The second-order valence-corrected chi connectivity index (χ2v) is 8.93. The monoisotopic (exact) mass is 425 g/mol. The molecule has 0 unspecified atom stereocenters. The lowest BCUT2D eigenvalue weighted by Gasteiger charge is -2.19. The summed E-state index contributed by atoms with van der Waals surface area (Å²) in [6.07, 6.45) is 0. The number of carbonyl (C=O) groups is 1. The van der Waals surface area contributed by atoms with E-state index in [1.54, 1.807) is 18.2 Å². The number of sulfonamides is 1. The number of nitrogens with zero attached hydrogens (tertiary/aromatic N) is 1. The van der Waals surface area contributed by atoms with E-state index in [-0.39, 0.29) is 17.3 Å². The van der Waals surface area contributed by atoms with Crippen LogP contribution in [0.15, 0.2) is 65.6 Å². The molecule has 0 fully saturated rings. The first kappa shape index (κ1) is 21.8. The molecule has 0 saturated carbocycles. The van der Waals surface area contributed by atoms with Gasteiger partial charge in [-0.3, -0.25) is 4.79 Å². The van der Waals surface area contributed by atoms with Gasteiger partial charge in [0.25, 0.3) is 0 Å². The van der Waals surface area contributed by atoms with E-state index in [4.69, 9.17) is 0 Å². The molecule has 0 saturated heterocycles. The van der Waals surface area contributed by atoms with Gasteiger partial charge in [0, 0.05) is 29.9 Å². The van der Waals surface area contributed by atoms with Crippen molar-refractivity contribution in [2.45, 2.75) is 25.7 Å². The van der Waals surface area contributed by atoms with E-state index in [1.807, 2.05) is 63.2 Å². The molecular weight excluding hydrogens is 398 g/mol. The zero-order valence-electron chi connectivity index (χ0n) is 17.5. The first-order valence-electron chi connectivity index (χ1n) is 9.99. The summed E-state index contributed by atoms with van der Waals surface area (Å²) in [5.41, 5.74) is 2.23. The van der Waals surface area contributed by atoms with Gasteiger partial charge < -0.3 is 10.6 Å². The summed E-state index contributed by atoms with van der Waals surface area (Å²) in [5.74, 6) is -0.206. The maximum absolute atomic E-state index is 12.8. The van der Waals surface area contributed by atoms with Crippen molar-refractivity contribution in [2.75, 3.05) is 30.3 Å². The molecule has 30 heavy (non-hydrogen) atoms. The Labute approximate surface area is 178 Å². The molecule has 0 heterocycles.